The Hall–Kier alpha value is -3.15. The molecule has 1 fully saturated rings. The van der Waals surface area contributed by atoms with E-state index in [1.165, 1.54) is 45.9 Å². The molecule has 1 aliphatic heterocycles. The number of aromatic nitrogens is 1. The number of alkyl halides is 3. The first-order chi connectivity index (χ1) is 19.7. The maximum atomic E-state index is 13.4. The van der Waals surface area contributed by atoms with Crippen molar-refractivity contribution in [1.29, 1.82) is 0 Å². The average Bonchev–Trinajstić information content (AvgIpc) is 3.41. The quantitative estimate of drug-likeness (QED) is 0.175. The fourth-order valence-corrected chi connectivity index (χ4v) is 7.49. The molecular weight excluding hydrogens is 569 g/mol. The summed E-state index contributed by atoms with van der Waals surface area (Å²) in [7, 11) is -4.02. The van der Waals surface area contributed by atoms with Crippen molar-refractivity contribution in [3.63, 3.8) is 0 Å². The molecule has 1 saturated heterocycles. The van der Waals surface area contributed by atoms with Gasteiger partial charge in [-0.05, 0) is 73.4 Å². The molecular formula is C30H33F3N4O2S2. The summed E-state index contributed by atoms with van der Waals surface area (Å²) in [5.41, 5.74) is -0.847. The van der Waals surface area contributed by atoms with Crippen LogP contribution >= 0.6 is 11.5 Å². The van der Waals surface area contributed by atoms with Gasteiger partial charge >= 0.3 is 6.18 Å². The van der Waals surface area contributed by atoms with E-state index in [4.69, 9.17) is 0 Å². The monoisotopic (exact) mass is 602 g/mol. The summed E-state index contributed by atoms with van der Waals surface area (Å²) in [5.74, 6) is 1.07. The number of anilines is 2. The van der Waals surface area contributed by atoms with E-state index in [1.54, 1.807) is 18.2 Å². The fourth-order valence-electron chi connectivity index (χ4n) is 5.17. The standard InChI is InChI=1S/C30H33F3N4O2S2/c31-30(32,33)24-11-10-12-25(23-24)37(41(38,39)26-13-4-3-5-14-26)18-9-2-1-8-17-35-19-21-36(22-20-35)29-27-15-6-7-16-28(27)40-34-29/h3-7,10-16,23H,1-2,8-9,17-22H2. The zero-order valence-corrected chi connectivity index (χ0v) is 24.3. The second-order valence-corrected chi connectivity index (χ2v) is 12.9. The molecule has 3 aromatic carbocycles. The van der Waals surface area contributed by atoms with Gasteiger partial charge in [-0.2, -0.15) is 17.5 Å². The molecule has 4 aromatic rings. The molecule has 0 spiro atoms. The zero-order chi connectivity index (χ0) is 28.9. The van der Waals surface area contributed by atoms with Crippen LogP contribution in [0.1, 0.15) is 31.2 Å². The summed E-state index contributed by atoms with van der Waals surface area (Å²) in [6.45, 7) is 4.85. The normalized spacial score (nSPS) is 15.0. The van der Waals surface area contributed by atoms with E-state index in [2.05, 4.69) is 26.3 Å². The van der Waals surface area contributed by atoms with Crippen LogP contribution in [0.3, 0.4) is 0 Å². The summed E-state index contributed by atoms with van der Waals surface area (Å²) in [6.07, 6.45) is -1.33. The number of halogens is 3. The fraction of sp³-hybridized carbons (Fsp3) is 0.367. The third-order valence-corrected chi connectivity index (χ3v) is 10.1. The summed E-state index contributed by atoms with van der Waals surface area (Å²) < 4.78 is 74.0. The van der Waals surface area contributed by atoms with E-state index in [1.807, 2.05) is 12.1 Å². The molecule has 11 heteroatoms. The maximum absolute atomic E-state index is 13.4. The Balaban J connectivity index is 1.13. The minimum absolute atomic E-state index is 0.0226. The molecule has 0 bridgehead atoms. The first-order valence-electron chi connectivity index (χ1n) is 13.8. The lowest BCUT2D eigenvalue weighted by Crippen LogP contribution is -2.46. The van der Waals surface area contributed by atoms with Gasteiger partial charge < -0.3 is 4.90 Å². The lowest BCUT2D eigenvalue weighted by atomic mass is 10.1. The van der Waals surface area contributed by atoms with Crippen LogP contribution in [0, 0.1) is 0 Å². The minimum Gasteiger partial charge on any atom is -0.353 e. The largest absolute Gasteiger partial charge is 0.416 e. The van der Waals surface area contributed by atoms with Gasteiger partial charge in [-0.15, -0.1) is 0 Å². The number of unbranched alkanes of at least 4 members (excludes halogenated alkanes) is 3. The van der Waals surface area contributed by atoms with Gasteiger partial charge in [-0.3, -0.25) is 9.21 Å². The third-order valence-electron chi connectivity index (χ3n) is 7.41. The highest BCUT2D eigenvalue weighted by Crippen LogP contribution is 2.34. The number of piperazine rings is 1. The van der Waals surface area contributed by atoms with Crippen molar-refractivity contribution < 1.29 is 21.6 Å². The van der Waals surface area contributed by atoms with Crippen molar-refractivity contribution in [2.24, 2.45) is 0 Å². The Morgan fingerprint density at radius 3 is 2.29 bits per heavy atom. The second kappa shape index (κ2) is 12.8. The predicted molar refractivity (Wildman–Crippen MR) is 159 cm³/mol. The Labute approximate surface area is 243 Å². The maximum Gasteiger partial charge on any atom is 0.416 e. The van der Waals surface area contributed by atoms with Gasteiger partial charge in [0.2, 0.25) is 0 Å². The molecule has 1 aliphatic rings. The molecule has 0 N–H and O–H groups in total. The van der Waals surface area contributed by atoms with Gasteiger partial charge in [-0.25, -0.2) is 8.42 Å². The molecule has 5 rings (SSSR count). The molecule has 218 valence electrons. The molecule has 0 aliphatic carbocycles. The number of rotatable bonds is 11. The molecule has 0 amide bonds. The van der Waals surface area contributed by atoms with Crippen molar-refractivity contribution in [1.82, 2.24) is 9.27 Å². The van der Waals surface area contributed by atoms with Gasteiger partial charge in [0.15, 0.2) is 0 Å². The molecule has 0 unspecified atom stereocenters. The summed E-state index contributed by atoms with van der Waals surface area (Å²) in [5, 5.41) is 1.21. The summed E-state index contributed by atoms with van der Waals surface area (Å²) in [6, 6.07) is 20.7. The lowest BCUT2D eigenvalue weighted by Gasteiger charge is -2.35. The first-order valence-corrected chi connectivity index (χ1v) is 16.0. The molecule has 2 heterocycles. The van der Waals surface area contributed by atoms with Crippen LogP contribution in [0.25, 0.3) is 10.1 Å². The topological polar surface area (TPSA) is 56.8 Å². The van der Waals surface area contributed by atoms with Gasteiger partial charge in [0.25, 0.3) is 10.0 Å². The Morgan fingerprint density at radius 1 is 0.829 bits per heavy atom. The molecule has 1 aromatic heterocycles. The van der Waals surface area contributed by atoms with Gasteiger partial charge in [0.1, 0.15) is 5.82 Å². The molecule has 0 saturated carbocycles. The van der Waals surface area contributed by atoms with Crippen LogP contribution in [0.4, 0.5) is 24.7 Å². The van der Waals surface area contributed by atoms with Crippen LogP contribution in [-0.2, 0) is 16.2 Å². The van der Waals surface area contributed by atoms with Crippen LogP contribution in [0.2, 0.25) is 0 Å². The Morgan fingerprint density at radius 2 is 1.54 bits per heavy atom. The van der Waals surface area contributed by atoms with Crippen molar-refractivity contribution in [2.45, 2.75) is 36.8 Å². The van der Waals surface area contributed by atoms with E-state index < -0.39 is 21.8 Å². The van der Waals surface area contributed by atoms with Gasteiger partial charge in [0, 0.05) is 38.1 Å². The van der Waals surface area contributed by atoms with Gasteiger partial charge in [0.05, 0.1) is 20.8 Å². The molecule has 0 atom stereocenters. The van der Waals surface area contributed by atoms with E-state index in [9.17, 15) is 21.6 Å². The van der Waals surface area contributed by atoms with Crippen molar-refractivity contribution >= 4 is 43.1 Å². The van der Waals surface area contributed by atoms with Crippen LogP contribution in [-0.4, -0.2) is 57.0 Å². The van der Waals surface area contributed by atoms with Crippen molar-refractivity contribution in [3.05, 3.63) is 84.4 Å². The number of benzene rings is 3. The van der Waals surface area contributed by atoms with Gasteiger partial charge in [-0.1, -0.05) is 49.2 Å². The lowest BCUT2D eigenvalue weighted by molar-refractivity contribution is -0.137. The smallest absolute Gasteiger partial charge is 0.353 e. The highest BCUT2D eigenvalue weighted by Gasteiger charge is 2.32. The number of hydrogen-bond donors (Lipinski definition) is 0. The highest BCUT2D eigenvalue weighted by molar-refractivity contribution is 7.92. The summed E-state index contributed by atoms with van der Waals surface area (Å²) in [4.78, 5) is 4.85. The Kier molecular flexibility index (Phi) is 9.16. The van der Waals surface area contributed by atoms with Crippen molar-refractivity contribution in [3.8, 4) is 0 Å². The minimum atomic E-state index is -4.56. The molecule has 41 heavy (non-hydrogen) atoms. The van der Waals surface area contributed by atoms with E-state index in [0.717, 1.165) is 74.2 Å². The first kappa shape index (κ1) is 29.3. The number of fused-ring (bicyclic) bond motifs is 1. The highest BCUT2D eigenvalue weighted by atomic mass is 32.2. The number of hydrogen-bond acceptors (Lipinski definition) is 6. The zero-order valence-electron chi connectivity index (χ0n) is 22.6. The number of sulfonamides is 1. The molecule has 6 nitrogen and oxygen atoms in total. The predicted octanol–water partition coefficient (Wildman–Crippen LogP) is 6.89. The van der Waals surface area contributed by atoms with Crippen LogP contribution in [0.5, 0.6) is 0 Å². The molecule has 0 radical (unpaired) electrons. The number of nitrogens with zero attached hydrogens (tertiary/aromatic N) is 4. The van der Waals surface area contributed by atoms with Crippen LogP contribution in [0.15, 0.2) is 83.8 Å². The second-order valence-electron chi connectivity index (χ2n) is 10.2. The Bertz CT molecular complexity index is 1540. The van der Waals surface area contributed by atoms with E-state index in [-0.39, 0.29) is 17.1 Å². The SMILES string of the molecule is O=S(=O)(c1ccccc1)N(CCCCCCN1CCN(c2nsc3ccccc23)CC1)c1cccc(C(F)(F)F)c1. The van der Waals surface area contributed by atoms with E-state index in [0.29, 0.717) is 6.42 Å². The van der Waals surface area contributed by atoms with E-state index >= 15 is 0 Å². The van der Waals surface area contributed by atoms with Crippen LogP contribution < -0.4 is 9.21 Å². The van der Waals surface area contributed by atoms with Crippen molar-refractivity contribution in [2.75, 3.05) is 48.5 Å². The third kappa shape index (κ3) is 7.02. The summed E-state index contributed by atoms with van der Waals surface area (Å²) >= 11 is 1.54. The average molecular weight is 603 g/mol.